The number of aryl methyl sites for hydroxylation is 1. The van der Waals surface area contributed by atoms with E-state index in [1.165, 1.54) is 5.56 Å². The monoisotopic (exact) mass is 248 g/mol. The molecule has 17 heavy (non-hydrogen) atoms. The van der Waals surface area contributed by atoms with Crippen LogP contribution in [0.15, 0.2) is 28.7 Å². The topological polar surface area (TPSA) is 30.2 Å². The summed E-state index contributed by atoms with van der Waals surface area (Å²) in [5, 5.41) is 1.01. The Kier molecular flexibility index (Phi) is 3.89. The second-order valence-electron chi connectivity index (χ2n) is 4.13. The van der Waals surface area contributed by atoms with Crippen molar-refractivity contribution >= 4 is 28.5 Å². The molecule has 0 bridgehead atoms. The molecule has 90 valence electrons. The van der Waals surface area contributed by atoms with Crippen LogP contribution in [0.1, 0.15) is 29.5 Å². The normalized spacial score (nSPS) is 10.9. The van der Waals surface area contributed by atoms with Gasteiger partial charge in [-0.1, -0.05) is 18.6 Å². The highest BCUT2D eigenvalue weighted by atomic mass is 32.2. The number of ketones is 1. The molecule has 1 aromatic carbocycles. The molecule has 0 N–H and O–H groups in total. The van der Waals surface area contributed by atoms with Crippen molar-refractivity contribution in [2.75, 3.05) is 11.5 Å². The van der Waals surface area contributed by atoms with Gasteiger partial charge in [0.1, 0.15) is 5.58 Å². The van der Waals surface area contributed by atoms with Gasteiger partial charge in [-0.25, -0.2) is 0 Å². The van der Waals surface area contributed by atoms with Crippen LogP contribution in [0.25, 0.3) is 11.0 Å². The van der Waals surface area contributed by atoms with E-state index in [1.54, 1.807) is 11.8 Å². The lowest BCUT2D eigenvalue weighted by Crippen LogP contribution is -2.00. The molecule has 0 radical (unpaired) electrons. The number of furan rings is 1. The fourth-order valence-corrected chi connectivity index (χ4v) is 2.44. The van der Waals surface area contributed by atoms with Crippen molar-refractivity contribution in [1.82, 2.24) is 0 Å². The van der Waals surface area contributed by atoms with E-state index in [2.05, 4.69) is 6.92 Å². The van der Waals surface area contributed by atoms with Crippen molar-refractivity contribution in [2.24, 2.45) is 0 Å². The number of carbonyl (C=O) groups is 1. The minimum absolute atomic E-state index is 0.0808. The number of benzene rings is 1. The minimum atomic E-state index is 0.0808. The fourth-order valence-electron chi connectivity index (χ4n) is 1.68. The number of fused-ring (bicyclic) bond motifs is 1. The van der Waals surface area contributed by atoms with E-state index in [0.29, 0.717) is 11.5 Å². The molecule has 2 aromatic rings. The summed E-state index contributed by atoms with van der Waals surface area (Å²) in [5.41, 5.74) is 1.97. The van der Waals surface area contributed by atoms with Crippen molar-refractivity contribution in [3.8, 4) is 0 Å². The first-order valence-corrected chi connectivity index (χ1v) is 6.97. The van der Waals surface area contributed by atoms with Gasteiger partial charge in [0.05, 0.1) is 5.75 Å². The highest BCUT2D eigenvalue weighted by molar-refractivity contribution is 7.99. The van der Waals surface area contributed by atoms with E-state index < -0.39 is 0 Å². The predicted octanol–water partition coefficient (Wildman–Crippen LogP) is 4.07. The molecular formula is C14H16O2S. The Labute approximate surface area is 105 Å². The van der Waals surface area contributed by atoms with Crippen molar-refractivity contribution in [2.45, 2.75) is 20.3 Å². The van der Waals surface area contributed by atoms with Gasteiger partial charge < -0.3 is 4.42 Å². The van der Waals surface area contributed by atoms with Gasteiger partial charge >= 0.3 is 0 Å². The third-order valence-electron chi connectivity index (χ3n) is 2.53. The first kappa shape index (κ1) is 12.2. The van der Waals surface area contributed by atoms with E-state index in [4.69, 9.17) is 4.42 Å². The van der Waals surface area contributed by atoms with Gasteiger partial charge in [0.25, 0.3) is 0 Å². The summed E-state index contributed by atoms with van der Waals surface area (Å²) in [6.07, 6.45) is 1.09. The standard InChI is InChI=1S/C14H16O2S/c1-3-6-17-9-12(15)14-8-11-7-10(2)4-5-13(11)16-14/h4-5,7-8H,3,6,9H2,1-2H3. The first-order valence-electron chi connectivity index (χ1n) is 5.82. The predicted molar refractivity (Wildman–Crippen MR) is 72.9 cm³/mol. The summed E-state index contributed by atoms with van der Waals surface area (Å²) in [6, 6.07) is 7.79. The maximum absolute atomic E-state index is 11.9. The zero-order chi connectivity index (χ0) is 12.3. The van der Waals surface area contributed by atoms with Gasteiger partial charge in [-0.15, -0.1) is 0 Å². The largest absolute Gasteiger partial charge is 0.453 e. The Hall–Kier alpha value is -1.22. The summed E-state index contributed by atoms with van der Waals surface area (Å²) in [4.78, 5) is 11.9. The fraction of sp³-hybridized carbons (Fsp3) is 0.357. The Morgan fingerprint density at radius 1 is 1.35 bits per heavy atom. The lowest BCUT2D eigenvalue weighted by molar-refractivity contribution is 0.0994. The van der Waals surface area contributed by atoms with Gasteiger partial charge in [-0.3, -0.25) is 4.79 Å². The van der Waals surface area contributed by atoms with Crippen molar-refractivity contribution in [3.63, 3.8) is 0 Å². The second-order valence-corrected chi connectivity index (χ2v) is 5.23. The third-order valence-corrected chi connectivity index (χ3v) is 3.69. The zero-order valence-electron chi connectivity index (χ0n) is 10.2. The van der Waals surface area contributed by atoms with Gasteiger partial charge in [0.15, 0.2) is 5.76 Å². The number of hydrogen-bond acceptors (Lipinski definition) is 3. The third kappa shape index (κ3) is 2.91. The Morgan fingerprint density at radius 2 is 2.18 bits per heavy atom. The Morgan fingerprint density at radius 3 is 2.94 bits per heavy atom. The summed E-state index contributed by atoms with van der Waals surface area (Å²) in [6.45, 7) is 4.15. The zero-order valence-corrected chi connectivity index (χ0v) is 11.0. The van der Waals surface area contributed by atoms with E-state index in [-0.39, 0.29) is 5.78 Å². The van der Waals surface area contributed by atoms with E-state index in [9.17, 15) is 4.79 Å². The van der Waals surface area contributed by atoms with Gasteiger partial charge in [-0.05, 0) is 37.3 Å². The first-order chi connectivity index (χ1) is 8.20. The molecule has 0 amide bonds. The number of Topliss-reactive ketones (excluding diaryl/α,β-unsaturated/α-hetero) is 1. The van der Waals surface area contributed by atoms with Crippen LogP contribution in [0.5, 0.6) is 0 Å². The van der Waals surface area contributed by atoms with Crippen molar-refractivity contribution in [3.05, 3.63) is 35.6 Å². The molecular weight excluding hydrogens is 232 g/mol. The maximum Gasteiger partial charge on any atom is 0.207 e. The van der Waals surface area contributed by atoms with Crippen LogP contribution < -0.4 is 0 Å². The van der Waals surface area contributed by atoms with Gasteiger partial charge in [-0.2, -0.15) is 11.8 Å². The Bertz CT molecular complexity index is 528. The summed E-state index contributed by atoms with van der Waals surface area (Å²) >= 11 is 1.66. The summed E-state index contributed by atoms with van der Waals surface area (Å²) in [5.74, 6) is 2.09. The maximum atomic E-state index is 11.9. The molecule has 0 atom stereocenters. The van der Waals surface area contributed by atoms with Crippen molar-refractivity contribution in [1.29, 1.82) is 0 Å². The second kappa shape index (κ2) is 5.41. The van der Waals surface area contributed by atoms with Gasteiger partial charge in [0.2, 0.25) is 5.78 Å². The number of carbonyl (C=O) groups excluding carboxylic acids is 1. The van der Waals surface area contributed by atoms with Crippen LogP contribution in [-0.2, 0) is 0 Å². The van der Waals surface area contributed by atoms with Crippen LogP contribution in [-0.4, -0.2) is 17.3 Å². The molecule has 0 aliphatic heterocycles. The van der Waals surface area contributed by atoms with Crippen LogP contribution in [0.4, 0.5) is 0 Å². The SMILES string of the molecule is CCCSCC(=O)c1cc2cc(C)ccc2o1. The molecule has 0 saturated heterocycles. The molecule has 0 aliphatic carbocycles. The molecule has 1 heterocycles. The molecule has 0 spiro atoms. The molecule has 0 fully saturated rings. The molecule has 0 saturated carbocycles. The smallest absolute Gasteiger partial charge is 0.207 e. The molecule has 1 aromatic heterocycles. The molecule has 2 nitrogen and oxygen atoms in total. The van der Waals surface area contributed by atoms with Crippen LogP contribution >= 0.6 is 11.8 Å². The average Bonchev–Trinajstić information content (AvgIpc) is 2.72. The van der Waals surface area contributed by atoms with Crippen LogP contribution in [0, 0.1) is 6.92 Å². The molecule has 2 rings (SSSR count). The van der Waals surface area contributed by atoms with E-state index >= 15 is 0 Å². The van der Waals surface area contributed by atoms with Crippen molar-refractivity contribution < 1.29 is 9.21 Å². The number of rotatable bonds is 5. The molecule has 0 aliphatic rings. The van der Waals surface area contributed by atoms with Gasteiger partial charge in [0, 0.05) is 5.39 Å². The lowest BCUT2D eigenvalue weighted by Gasteiger charge is -1.95. The van der Waals surface area contributed by atoms with E-state index in [1.807, 2.05) is 31.2 Å². The highest BCUT2D eigenvalue weighted by Crippen LogP contribution is 2.21. The van der Waals surface area contributed by atoms with E-state index in [0.717, 1.165) is 23.1 Å². The minimum Gasteiger partial charge on any atom is -0.453 e. The lowest BCUT2D eigenvalue weighted by atomic mass is 10.2. The summed E-state index contributed by atoms with van der Waals surface area (Å²) < 4.78 is 5.55. The molecule has 3 heteroatoms. The summed E-state index contributed by atoms with van der Waals surface area (Å²) in [7, 11) is 0. The number of thioether (sulfide) groups is 1. The van der Waals surface area contributed by atoms with Crippen LogP contribution in [0.2, 0.25) is 0 Å². The average molecular weight is 248 g/mol. The Balaban J connectivity index is 2.15. The quantitative estimate of drug-likeness (QED) is 0.590. The highest BCUT2D eigenvalue weighted by Gasteiger charge is 2.11. The molecule has 0 unspecified atom stereocenters. The number of hydrogen-bond donors (Lipinski definition) is 0. The van der Waals surface area contributed by atoms with Crippen LogP contribution in [0.3, 0.4) is 0 Å².